The summed E-state index contributed by atoms with van der Waals surface area (Å²) in [6.45, 7) is 7.48. The van der Waals surface area contributed by atoms with E-state index in [9.17, 15) is 26.0 Å². The number of pyridine rings is 1. The van der Waals surface area contributed by atoms with E-state index in [0.29, 0.717) is 35.4 Å². The molecule has 0 radical (unpaired) electrons. The molecule has 2 aliphatic rings. The molecule has 1 aromatic heterocycles. The molecule has 1 fully saturated rings. The van der Waals surface area contributed by atoms with E-state index in [1.54, 1.807) is 36.6 Å². The SMILES string of the molecule is C=C1Oc2c(-c3cccc(N(S(C)(=O)=O)S(C)(=O)=O)c3)c(C)n(C3CC3)c(=O)c2C(Nc2ccc(I)cc2F)=C1C. The standard InChI is InChI=1S/C28H27FIN3O6S2/c1-15-17(3)39-27-24(18-7-6-8-21(13-18)33(40(4,35)36)41(5,37)38)16(2)32(20-10-11-20)28(34)25(27)26(15)31-23-12-9-19(30)14-22(23)29/h6-9,12-14,20,31H,3,10-11H2,1-2,4-5H3. The van der Waals surface area contributed by atoms with Crippen LogP contribution in [0, 0.1) is 16.3 Å². The number of allylic oxidation sites excluding steroid dienone is 1. The van der Waals surface area contributed by atoms with Crippen LogP contribution in [-0.2, 0) is 20.0 Å². The number of nitrogens with one attached hydrogen (secondary N) is 1. The molecule has 0 saturated heterocycles. The Labute approximate surface area is 251 Å². The first kappa shape index (κ1) is 29.3. The minimum atomic E-state index is -4.20. The van der Waals surface area contributed by atoms with Crippen LogP contribution in [0.2, 0.25) is 0 Å². The number of aromatic nitrogens is 1. The Kier molecular flexibility index (Phi) is 7.35. The molecular weight excluding hydrogens is 684 g/mol. The minimum Gasteiger partial charge on any atom is -0.456 e. The molecule has 2 aromatic carbocycles. The Hall–Kier alpha value is -3.17. The lowest BCUT2D eigenvalue weighted by Crippen LogP contribution is -2.35. The number of hydrogen-bond acceptors (Lipinski definition) is 7. The van der Waals surface area contributed by atoms with Gasteiger partial charge in [-0.15, -0.1) is 0 Å². The zero-order chi connectivity index (χ0) is 30.0. The van der Waals surface area contributed by atoms with Crippen molar-refractivity contribution >= 4 is 59.7 Å². The second-order valence-corrected chi connectivity index (χ2v) is 15.3. The number of anilines is 2. The predicted octanol–water partition coefficient (Wildman–Crippen LogP) is 5.38. The summed E-state index contributed by atoms with van der Waals surface area (Å²) in [5.41, 5.74) is 2.22. The van der Waals surface area contributed by atoms with Gasteiger partial charge in [-0.3, -0.25) is 4.79 Å². The smallest absolute Gasteiger partial charge is 0.264 e. The van der Waals surface area contributed by atoms with Crippen LogP contribution in [0.4, 0.5) is 15.8 Å². The van der Waals surface area contributed by atoms with Crippen molar-refractivity contribution in [3.05, 3.63) is 91.4 Å². The summed E-state index contributed by atoms with van der Waals surface area (Å²) in [6.07, 6.45) is 3.20. The number of hydrogen-bond donors (Lipinski definition) is 1. The molecule has 0 amide bonds. The molecule has 0 spiro atoms. The van der Waals surface area contributed by atoms with Crippen molar-refractivity contribution in [1.29, 1.82) is 0 Å². The van der Waals surface area contributed by atoms with Crippen molar-refractivity contribution in [3.63, 3.8) is 0 Å². The number of nitrogens with zero attached hydrogens (tertiary/aromatic N) is 2. The number of halogens is 2. The molecule has 0 bridgehead atoms. The van der Waals surface area contributed by atoms with Gasteiger partial charge in [-0.1, -0.05) is 18.7 Å². The van der Waals surface area contributed by atoms with Gasteiger partial charge in [-0.05, 0) is 85.2 Å². The highest BCUT2D eigenvalue weighted by molar-refractivity contribution is 14.1. The van der Waals surface area contributed by atoms with Gasteiger partial charge in [0.2, 0.25) is 20.0 Å². The number of ether oxygens (including phenoxy) is 1. The third kappa shape index (κ3) is 5.42. The third-order valence-corrected chi connectivity index (χ3v) is 10.9. The van der Waals surface area contributed by atoms with Crippen LogP contribution in [-0.4, -0.2) is 33.9 Å². The highest BCUT2D eigenvalue weighted by atomic mass is 127. The number of benzene rings is 2. The maximum Gasteiger partial charge on any atom is 0.264 e. The van der Waals surface area contributed by atoms with Crippen LogP contribution in [0.1, 0.15) is 37.1 Å². The second kappa shape index (κ2) is 10.3. The fourth-order valence-corrected chi connectivity index (χ4v) is 8.44. The topological polar surface area (TPSA) is 115 Å². The molecule has 216 valence electrons. The van der Waals surface area contributed by atoms with Gasteiger partial charge in [-0.25, -0.2) is 21.2 Å². The van der Waals surface area contributed by atoms with Crippen LogP contribution < -0.4 is 19.3 Å². The van der Waals surface area contributed by atoms with Crippen molar-refractivity contribution in [1.82, 2.24) is 4.57 Å². The lowest BCUT2D eigenvalue weighted by molar-refractivity contribution is 0.429. The molecule has 9 nitrogen and oxygen atoms in total. The molecule has 3 aromatic rings. The average molecular weight is 712 g/mol. The van der Waals surface area contributed by atoms with Gasteiger partial charge in [0.05, 0.1) is 29.6 Å². The van der Waals surface area contributed by atoms with Crippen LogP contribution in [0.5, 0.6) is 5.75 Å². The maximum atomic E-state index is 14.9. The molecular formula is C28H27FIN3O6S2. The van der Waals surface area contributed by atoms with Gasteiger partial charge in [0.15, 0.2) is 5.75 Å². The van der Waals surface area contributed by atoms with E-state index in [-0.39, 0.29) is 40.0 Å². The van der Waals surface area contributed by atoms with E-state index in [1.807, 2.05) is 22.6 Å². The zero-order valence-corrected chi connectivity index (χ0v) is 26.4. The molecule has 13 heteroatoms. The normalized spacial score (nSPS) is 15.4. The highest BCUT2D eigenvalue weighted by Gasteiger charge is 2.36. The second-order valence-electron chi connectivity index (χ2n) is 10.1. The van der Waals surface area contributed by atoms with E-state index in [2.05, 4.69) is 11.9 Å². The Morgan fingerprint density at radius 2 is 1.71 bits per heavy atom. The Bertz CT molecular complexity index is 1920. The van der Waals surface area contributed by atoms with Crippen LogP contribution in [0.25, 0.3) is 16.8 Å². The van der Waals surface area contributed by atoms with Crippen molar-refractivity contribution in [2.45, 2.75) is 32.7 Å². The monoisotopic (exact) mass is 711 g/mol. The molecule has 1 aliphatic heterocycles. The zero-order valence-electron chi connectivity index (χ0n) is 22.7. The van der Waals surface area contributed by atoms with E-state index >= 15 is 0 Å². The third-order valence-electron chi connectivity index (χ3n) is 6.93. The number of fused-ring (bicyclic) bond motifs is 1. The Morgan fingerprint density at radius 1 is 1.05 bits per heavy atom. The van der Waals surface area contributed by atoms with E-state index < -0.39 is 25.9 Å². The van der Waals surface area contributed by atoms with Gasteiger partial charge in [0, 0.05) is 26.4 Å². The fourth-order valence-electron chi connectivity index (χ4n) is 5.03. The van der Waals surface area contributed by atoms with Crippen LogP contribution in [0.15, 0.2) is 65.2 Å². The first-order valence-corrected chi connectivity index (χ1v) is 17.3. The summed E-state index contributed by atoms with van der Waals surface area (Å²) >= 11 is 2.01. The van der Waals surface area contributed by atoms with Crippen molar-refractivity contribution in [3.8, 4) is 16.9 Å². The summed E-state index contributed by atoms with van der Waals surface area (Å²) in [4.78, 5) is 14.0. The first-order chi connectivity index (χ1) is 19.1. The Balaban J connectivity index is 1.80. The average Bonchev–Trinajstić information content (AvgIpc) is 3.67. The minimum absolute atomic E-state index is 0.0556. The van der Waals surface area contributed by atoms with Crippen LogP contribution in [0.3, 0.4) is 0 Å². The summed E-state index contributed by atoms with van der Waals surface area (Å²) in [7, 11) is -8.39. The first-order valence-electron chi connectivity index (χ1n) is 12.5. The lowest BCUT2D eigenvalue weighted by Gasteiger charge is -2.29. The largest absolute Gasteiger partial charge is 0.456 e. The van der Waals surface area contributed by atoms with Crippen molar-refractivity contribution in [2.75, 3.05) is 21.5 Å². The summed E-state index contributed by atoms with van der Waals surface area (Å²) in [6, 6.07) is 10.7. The Morgan fingerprint density at radius 3 is 2.29 bits per heavy atom. The van der Waals surface area contributed by atoms with Gasteiger partial charge in [0.1, 0.15) is 17.1 Å². The van der Waals surface area contributed by atoms with E-state index in [1.165, 1.54) is 24.3 Å². The lowest BCUT2D eigenvalue weighted by atomic mass is 9.94. The molecule has 5 rings (SSSR count). The molecule has 0 unspecified atom stereocenters. The van der Waals surface area contributed by atoms with E-state index in [4.69, 9.17) is 4.74 Å². The molecule has 1 saturated carbocycles. The summed E-state index contributed by atoms with van der Waals surface area (Å²) in [5.74, 6) is -0.101. The maximum absolute atomic E-state index is 14.9. The number of rotatable bonds is 7. The highest BCUT2D eigenvalue weighted by Crippen LogP contribution is 2.46. The van der Waals surface area contributed by atoms with Gasteiger partial charge in [0.25, 0.3) is 5.56 Å². The number of sulfonamides is 2. The van der Waals surface area contributed by atoms with Crippen molar-refractivity contribution < 1.29 is 26.0 Å². The van der Waals surface area contributed by atoms with Gasteiger partial charge < -0.3 is 14.6 Å². The summed E-state index contributed by atoms with van der Waals surface area (Å²) in [5, 5.41) is 3.09. The fraction of sp³-hybridized carbons (Fsp3) is 0.250. The molecule has 2 heterocycles. The quantitative estimate of drug-likeness (QED) is 0.328. The van der Waals surface area contributed by atoms with Crippen LogP contribution >= 0.6 is 22.6 Å². The predicted molar refractivity (Wildman–Crippen MR) is 166 cm³/mol. The summed E-state index contributed by atoms with van der Waals surface area (Å²) < 4.78 is 73.7. The molecule has 1 aliphatic carbocycles. The molecule has 1 N–H and O–H groups in total. The molecule has 41 heavy (non-hydrogen) atoms. The van der Waals surface area contributed by atoms with E-state index in [0.717, 1.165) is 25.4 Å². The molecule has 0 atom stereocenters. The van der Waals surface area contributed by atoms with Gasteiger partial charge >= 0.3 is 0 Å². The van der Waals surface area contributed by atoms with Gasteiger partial charge in [-0.2, -0.15) is 3.71 Å². The van der Waals surface area contributed by atoms with Crippen molar-refractivity contribution in [2.24, 2.45) is 0 Å².